The third-order valence-electron chi connectivity index (χ3n) is 2.87. The normalized spacial score (nSPS) is 11.3. The maximum atomic E-state index is 11.7. The van der Waals surface area contributed by atoms with Crippen LogP contribution in [-0.4, -0.2) is 18.0 Å². The van der Waals surface area contributed by atoms with E-state index in [1.807, 2.05) is 49.4 Å². The van der Waals surface area contributed by atoms with Crippen LogP contribution in [-0.2, 0) is 9.59 Å². The lowest BCUT2D eigenvalue weighted by Crippen LogP contribution is -2.32. The molecule has 0 bridgehead atoms. The van der Waals surface area contributed by atoms with Gasteiger partial charge in [0.1, 0.15) is 0 Å². The fourth-order valence-electron chi connectivity index (χ4n) is 1.80. The van der Waals surface area contributed by atoms with E-state index in [1.165, 1.54) is 6.21 Å². The summed E-state index contributed by atoms with van der Waals surface area (Å²) in [6.07, 6.45) is 3.40. The number of para-hydroxylation sites is 1. The molecule has 2 aromatic carbocycles. The van der Waals surface area contributed by atoms with Crippen LogP contribution in [0.5, 0.6) is 0 Å². The third-order valence-corrected chi connectivity index (χ3v) is 2.87. The number of carbonyl (C=O) groups is 2. The van der Waals surface area contributed by atoms with Crippen LogP contribution in [0.25, 0.3) is 6.08 Å². The summed E-state index contributed by atoms with van der Waals surface area (Å²) in [5.41, 5.74) is 4.63. The van der Waals surface area contributed by atoms with Crippen molar-refractivity contribution in [1.29, 1.82) is 0 Å². The topological polar surface area (TPSA) is 70.6 Å². The summed E-state index contributed by atoms with van der Waals surface area (Å²) in [4.78, 5) is 23.3. The Bertz CT molecular complexity index is 722. The van der Waals surface area contributed by atoms with Crippen molar-refractivity contribution in [3.63, 3.8) is 0 Å². The van der Waals surface area contributed by atoms with Crippen molar-refractivity contribution < 1.29 is 9.59 Å². The van der Waals surface area contributed by atoms with E-state index in [9.17, 15) is 9.59 Å². The largest absolute Gasteiger partial charge is 0.329 e. The lowest BCUT2D eigenvalue weighted by atomic mass is 10.1. The Balaban J connectivity index is 1.86. The van der Waals surface area contributed by atoms with Gasteiger partial charge in [-0.2, -0.15) is 5.10 Å². The summed E-state index contributed by atoms with van der Waals surface area (Å²) in [6.45, 7) is 1.85. The summed E-state index contributed by atoms with van der Waals surface area (Å²) in [5.74, 6) is -1.59. The van der Waals surface area contributed by atoms with Gasteiger partial charge in [0.2, 0.25) is 0 Å². The van der Waals surface area contributed by atoms with Crippen LogP contribution in [0.4, 0.5) is 5.69 Å². The summed E-state index contributed by atoms with van der Waals surface area (Å²) < 4.78 is 0. The number of carbonyl (C=O) groups excluding carboxylic acids is 2. The van der Waals surface area contributed by atoms with E-state index < -0.39 is 11.8 Å². The first kappa shape index (κ1) is 16.2. The maximum Gasteiger partial charge on any atom is 0.329 e. The Labute approximate surface area is 134 Å². The molecule has 0 spiro atoms. The molecule has 0 aliphatic rings. The number of rotatable bonds is 4. The fraction of sp³-hybridized carbons (Fsp3) is 0.0556. The van der Waals surface area contributed by atoms with Gasteiger partial charge < -0.3 is 5.32 Å². The molecule has 0 radical (unpaired) electrons. The average Bonchev–Trinajstić information content (AvgIpc) is 2.56. The molecule has 0 aliphatic heterocycles. The standard InChI is InChI=1S/C18H17N3O2/c1-14(12-15-8-4-2-5-9-15)13-19-21-18(23)17(22)20-16-10-6-3-7-11-16/h2-13H,1H3,(H,20,22)(H,21,23)/b14-12-,19-13+. The van der Waals surface area contributed by atoms with Gasteiger partial charge in [0, 0.05) is 5.69 Å². The highest BCUT2D eigenvalue weighted by atomic mass is 16.2. The fourth-order valence-corrected chi connectivity index (χ4v) is 1.80. The van der Waals surface area contributed by atoms with E-state index in [-0.39, 0.29) is 0 Å². The Hall–Kier alpha value is -3.21. The van der Waals surface area contributed by atoms with Gasteiger partial charge in [-0.1, -0.05) is 54.6 Å². The molecule has 5 nitrogen and oxygen atoms in total. The zero-order chi connectivity index (χ0) is 16.5. The van der Waals surface area contributed by atoms with Crippen LogP contribution >= 0.6 is 0 Å². The molecule has 2 rings (SSSR count). The van der Waals surface area contributed by atoms with Crippen molar-refractivity contribution in [1.82, 2.24) is 5.43 Å². The molecule has 5 heteroatoms. The first-order chi connectivity index (χ1) is 11.1. The van der Waals surface area contributed by atoms with E-state index in [1.54, 1.807) is 24.3 Å². The molecule has 0 aromatic heterocycles. The van der Waals surface area contributed by atoms with Gasteiger partial charge in [0.05, 0.1) is 6.21 Å². The summed E-state index contributed by atoms with van der Waals surface area (Å²) >= 11 is 0. The van der Waals surface area contributed by atoms with E-state index in [0.29, 0.717) is 5.69 Å². The highest BCUT2D eigenvalue weighted by Gasteiger charge is 2.12. The smallest absolute Gasteiger partial charge is 0.318 e. The molecule has 2 aromatic rings. The van der Waals surface area contributed by atoms with E-state index >= 15 is 0 Å². The van der Waals surface area contributed by atoms with E-state index in [4.69, 9.17) is 0 Å². The summed E-state index contributed by atoms with van der Waals surface area (Å²) in [7, 11) is 0. The molecular formula is C18H17N3O2. The highest BCUT2D eigenvalue weighted by Crippen LogP contribution is 2.05. The lowest BCUT2D eigenvalue weighted by molar-refractivity contribution is -0.136. The minimum absolute atomic E-state index is 0.553. The second-order valence-corrected chi connectivity index (χ2v) is 4.82. The number of nitrogens with one attached hydrogen (secondary N) is 2. The number of amides is 2. The Morgan fingerprint density at radius 1 is 0.913 bits per heavy atom. The molecular weight excluding hydrogens is 290 g/mol. The molecule has 0 saturated heterocycles. The Kier molecular flexibility index (Phi) is 5.82. The number of hydrogen-bond donors (Lipinski definition) is 2. The number of hydrogen-bond acceptors (Lipinski definition) is 3. The summed E-state index contributed by atoms with van der Waals surface area (Å²) in [6, 6.07) is 18.5. The molecule has 0 heterocycles. The molecule has 2 N–H and O–H groups in total. The number of allylic oxidation sites excluding steroid dienone is 1. The maximum absolute atomic E-state index is 11.7. The average molecular weight is 307 g/mol. The van der Waals surface area contributed by atoms with E-state index in [2.05, 4.69) is 15.8 Å². The predicted octanol–water partition coefficient (Wildman–Crippen LogP) is 2.83. The molecule has 0 atom stereocenters. The predicted molar refractivity (Wildman–Crippen MR) is 91.8 cm³/mol. The monoisotopic (exact) mass is 307 g/mol. The van der Waals surface area contributed by atoms with Crippen molar-refractivity contribution in [2.45, 2.75) is 6.92 Å². The Morgan fingerprint density at radius 3 is 2.17 bits per heavy atom. The molecule has 23 heavy (non-hydrogen) atoms. The summed E-state index contributed by atoms with van der Waals surface area (Å²) in [5, 5.41) is 6.26. The van der Waals surface area contributed by atoms with Crippen LogP contribution in [0.1, 0.15) is 12.5 Å². The van der Waals surface area contributed by atoms with Crippen LogP contribution in [0.15, 0.2) is 71.3 Å². The third kappa shape index (κ3) is 5.59. The van der Waals surface area contributed by atoms with E-state index in [0.717, 1.165) is 11.1 Å². The van der Waals surface area contributed by atoms with Gasteiger partial charge >= 0.3 is 11.8 Å². The van der Waals surface area contributed by atoms with Crippen molar-refractivity contribution >= 4 is 29.8 Å². The molecule has 0 aliphatic carbocycles. The van der Waals surface area contributed by atoms with Crippen molar-refractivity contribution in [2.24, 2.45) is 5.10 Å². The number of anilines is 1. The van der Waals surface area contributed by atoms with Gasteiger partial charge in [-0.3, -0.25) is 9.59 Å². The molecule has 0 unspecified atom stereocenters. The quantitative estimate of drug-likeness (QED) is 0.518. The van der Waals surface area contributed by atoms with Crippen LogP contribution in [0, 0.1) is 0 Å². The van der Waals surface area contributed by atoms with Crippen LogP contribution < -0.4 is 10.7 Å². The zero-order valence-electron chi connectivity index (χ0n) is 12.7. The lowest BCUT2D eigenvalue weighted by Gasteiger charge is -2.03. The van der Waals surface area contributed by atoms with Gasteiger partial charge in [0.15, 0.2) is 0 Å². The van der Waals surface area contributed by atoms with Crippen molar-refractivity contribution in [2.75, 3.05) is 5.32 Å². The minimum atomic E-state index is -0.822. The van der Waals surface area contributed by atoms with Gasteiger partial charge in [-0.05, 0) is 30.2 Å². The van der Waals surface area contributed by atoms with Crippen molar-refractivity contribution in [3.05, 3.63) is 71.8 Å². The first-order valence-electron chi connectivity index (χ1n) is 7.08. The molecule has 0 saturated carbocycles. The first-order valence-corrected chi connectivity index (χ1v) is 7.08. The SMILES string of the molecule is CC(=C/c1ccccc1)/C=N/NC(=O)C(=O)Nc1ccccc1. The molecule has 116 valence electrons. The zero-order valence-corrected chi connectivity index (χ0v) is 12.7. The Morgan fingerprint density at radius 2 is 1.52 bits per heavy atom. The van der Waals surface area contributed by atoms with Crippen molar-refractivity contribution in [3.8, 4) is 0 Å². The number of nitrogens with zero attached hydrogens (tertiary/aromatic N) is 1. The number of hydrazone groups is 1. The molecule has 0 fully saturated rings. The van der Waals surface area contributed by atoms with Gasteiger partial charge in [-0.25, -0.2) is 5.43 Å². The second kappa shape index (κ2) is 8.29. The molecule has 2 amide bonds. The van der Waals surface area contributed by atoms with Crippen LogP contribution in [0.2, 0.25) is 0 Å². The second-order valence-electron chi connectivity index (χ2n) is 4.82. The van der Waals surface area contributed by atoms with Gasteiger partial charge in [-0.15, -0.1) is 0 Å². The highest BCUT2D eigenvalue weighted by molar-refractivity contribution is 6.39. The van der Waals surface area contributed by atoms with Gasteiger partial charge in [0.25, 0.3) is 0 Å². The number of benzene rings is 2. The minimum Gasteiger partial charge on any atom is -0.318 e. The van der Waals surface area contributed by atoms with Crippen LogP contribution in [0.3, 0.4) is 0 Å².